The van der Waals surface area contributed by atoms with E-state index in [1.165, 1.54) is 57.8 Å². The van der Waals surface area contributed by atoms with Gasteiger partial charge in [-0.05, 0) is 104 Å². The van der Waals surface area contributed by atoms with Gasteiger partial charge in [0.2, 0.25) is 0 Å². The predicted octanol–water partition coefficient (Wildman–Crippen LogP) is 6.44. The van der Waals surface area contributed by atoms with Gasteiger partial charge in [0.1, 0.15) is 6.07 Å². The normalized spacial score (nSPS) is 45.5. The van der Waals surface area contributed by atoms with E-state index in [1.54, 1.807) is 6.20 Å². The second-order valence-corrected chi connectivity index (χ2v) is 13.0. The molecule has 182 valence electrons. The van der Waals surface area contributed by atoms with E-state index in [0.29, 0.717) is 34.7 Å². The van der Waals surface area contributed by atoms with Crippen LogP contribution in [0.3, 0.4) is 0 Å². The zero-order valence-electron chi connectivity index (χ0n) is 21.3. The molecule has 4 nitrogen and oxygen atoms in total. The fourth-order valence-electron chi connectivity index (χ4n) is 10.1. The summed E-state index contributed by atoms with van der Waals surface area (Å²) in [6.45, 7) is 10.7. The van der Waals surface area contributed by atoms with Gasteiger partial charge in [0, 0.05) is 12.7 Å². The number of rotatable bonds is 5. The maximum atomic E-state index is 11.8. The molecule has 4 saturated carbocycles. The molecule has 0 bridgehead atoms. The van der Waals surface area contributed by atoms with Crippen molar-refractivity contribution >= 4 is 0 Å². The third-order valence-corrected chi connectivity index (χ3v) is 11.4. The Morgan fingerprint density at radius 1 is 1.21 bits per heavy atom. The van der Waals surface area contributed by atoms with E-state index in [2.05, 4.69) is 38.9 Å². The molecular weight excluding hydrogens is 406 g/mol. The first-order valence-electron chi connectivity index (χ1n) is 13.9. The maximum Gasteiger partial charge on any atom is 0.102 e. The molecule has 10 atom stereocenters. The summed E-state index contributed by atoms with van der Waals surface area (Å²) in [7, 11) is 0. The van der Waals surface area contributed by atoms with Crippen molar-refractivity contribution in [3.8, 4) is 6.07 Å². The first-order valence-corrected chi connectivity index (χ1v) is 13.9. The van der Waals surface area contributed by atoms with Crippen molar-refractivity contribution < 1.29 is 5.11 Å². The number of nitrogens with zero attached hydrogens (tertiary/aromatic N) is 3. The van der Waals surface area contributed by atoms with E-state index in [-0.39, 0.29) is 11.5 Å². The molecular formula is C29H45N3O. The fourth-order valence-corrected chi connectivity index (χ4v) is 10.1. The Morgan fingerprint density at radius 2 is 2.03 bits per heavy atom. The highest BCUT2D eigenvalue weighted by molar-refractivity contribution is 5.21. The third-order valence-electron chi connectivity index (χ3n) is 11.4. The summed E-state index contributed by atoms with van der Waals surface area (Å²) in [5.74, 6) is 4.86. The molecule has 0 amide bonds. The summed E-state index contributed by atoms with van der Waals surface area (Å²) in [6.07, 6.45) is 16.6. The van der Waals surface area contributed by atoms with Crippen LogP contribution in [0.25, 0.3) is 0 Å². The molecule has 9 unspecified atom stereocenters. The monoisotopic (exact) mass is 451 g/mol. The Balaban J connectivity index is 1.34. The minimum absolute atomic E-state index is 0.144. The van der Waals surface area contributed by atoms with Crippen LogP contribution in [0, 0.1) is 63.6 Å². The summed E-state index contributed by atoms with van der Waals surface area (Å²) in [6, 6.07) is 2.20. The summed E-state index contributed by atoms with van der Waals surface area (Å²) in [5, 5.41) is 25.3. The summed E-state index contributed by atoms with van der Waals surface area (Å²) in [4.78, 5) is 0. The lowest BCUT2D eigenvalue weighted by Crippen LogP contribution is -2.59. The average molecular weight is 452 g/mol. The van der Waals surface area contributed by atoms with Gasteiger partial charge in [-0.25, -0.2) is 0 Å². The van der Waals surface area contributed by atoms with E-state index < -0.39 is 0 Å². The largest absolute Gasteiger partial charge is 0.393 e. The highest BCUT2D eigenvalue weighted by Crippen LogP contribution is 2.68. The van der Waals surface area contributed by atoms with Crippen molar-refractivity contribution in [2.75, 3.05) is 0 Å². The molecule has 4 fully saturated rings. The van der Waals surface area contributed by atoms with Crippen LogP contribution in [0.5, 0.6) is 0 Å². The van der Waals surface area contributed by atoms with Gasteiger partial charge in [-0.1, -0.05) is 40.5 Å². The van der Waals surface area contributed by atoms with Crippen LogP contribution in [-0.4, -0.2) is 21.0 Å². The van der Waals surface area contributed by atoms with Crippen LogP contribution in [0.15, 0.2) is 12.4 Å². The van der Waals surface area contributed by atoms with Crippen molar-refractivity contribution in [3.63, 3.8) is 0 Å². The van der Waals surface area contributed by atoms with Crippen LogP contribution < -0.4 is 0 Å². The topological polar surface area (TPSA) is 61.8 Å². The lowest BCUT2D eigenvalue weighted by atomic mass is 9.43. The molecule has 0 radical (unpaired) electrons. The average Bonchev–Trinajstić information content (AvgIpc) is 3.37. The van der Waals surface area contributed by atoms with E-state index in [0.717, 1.165) is 30.7 Å². The third kappa shape index (κ3) is 3.78. The number of hydrogen-bond acceptors (Lipinski definition) is 3. The molecule has 33 heavy (non-hydrogen) atoms. The van der Waals surface area contributed by atoms with Crippen molar-refractivity contribution in [2.45, 2.75) is 105 Å². The zero-order chi connectivity index (χ0) is 23.4. The van der Waals surface area contributed by atoms with Gasteiger partial charge in [-0.15, -0.1) is 0 Å². The first kappa shape index (κ1) is 23.4. The summed E-state index contributed by atoms with van der Waals surface area (Å²) >= 11 is 0. The SMILES string of the molecule is CCCC1CCC2(C)C(CCC3C4CCC([C@H](C)Cn5cc(C#N)cn5)C4(C)CC(O)C32)C1. The molecule has 0 saturated heterocycles. The molecule has 1 aromatic rings. The number of aliphatic hydroxyl groups excluding tert-OH is 1. The lowest BCUT2D eigenvalue weighted by molar-refractivity contribution is -0.176. The highest BCUT2D eigenvalue weighted by Gasteiger charge is 2.63. The van der Waals surface area contributed by atoms with Crippen LogP contribution >= 0.6 is 0 Å². The minimum Gasteiger partial charge on any atom is -0.393 e. The first-order chi connectivity index (χ1) is 15.8. The van der Waals surface area contributed by atoms with Crippen LogP contribution in [0.4, 0.5) is 0 Å². The van der Waals surface area contributed by atoms with Crippen LogP contribution in [0.2, 0.25) is 0 Å². The Labute approximate surface area is 201 Å². The van der Waals surface area contributed by atoms with Crippen molar-refractivity contribution in [1.82, 2.24) is 9.78 Å². The molecule has 4 aliphatic carbocycles. The second kappa shape index (κ2) is 8.71. The quantitative estimate of drug-likeness (QED) is 0.560. The molecule has 4 heteroatoms. The van der Waals surface area contributed by atoms with Gasteiger partial charge >= 0.3 is 0 Å². The van der Waals surface area contributed by atoms with Crippen LogP contribution in [0.1, 0.15) is 97.5 Å². The zero-order valence-corrected chi connectivity index (χ0v) is 21.3. The number of fused-ring (bicyclic) bond motifs is 5. The molecule has 1 N–H and O–H groups in total. The van der Waals surface area contributed by atoms with Gasteiger partial charge in [0.15, 0.2) is 0 Å². The molecule has 1 heterocycles. The van der Waals surface area contributed by atoms with E-state index >= 15 is 0 Å². The van der Waals surface area contributed by atoms with Gasteiger partial charge < -0.3 is 5.11 Å². The Bertz CT molecular complexity index is 888. The summed E-state index contributed by atoms with van der Waals surface area (Å²) in [5.41, 5.74) is 1.22. The smallest absolute Gasteiger partial charge is 0.102 e. The molecule has 0 aliphatic heterocycles. The Hall–Kier alpha value is -1.34. The molecule has 0 spiro atoms. The van der Waals surface area contributed by atoms with Gasteiger partial charge in [-0.3, -0.25) is 4.68 Å². The van der Waals surface area contributed by atoms with Crippen LogP contribution in [-0.2, 0) is 6.54 Å². The van der Waals surface area contributed by atoms with Crippen molar-refractivity contribution in [2.24, 2.45) is 52.3 Å². The van der Waals surface area contributed by atoms with Gasteiger partial charge in [0.05, 0.1) is 17.9 Å². The molecule has 0 aromatic carbocycles. The highest BCUT2D eigenvalue weighted by atomic mass is 16.3. The maximum absolute atomic E-state index is 11.8. The van der Waals surface area contributed by atoms with E-state index in [1.807, 2.05) is 10.9 Å². The molecule has 5 rings (SSSR count). The number of nitriles is 1. The molecule has 1 aromatic heterocycles. The number of hydrogen-bond donors (Lipinski definition) is 1. The minimum atomic E-state index is -0.144. The predicted molar refractivity (Wildman–Crippen MR) is 131 cm³/mol. The number of aliphatic hydroxyl groups is 1. The lowest BCUT2D eigenvalue weighted by Gasteiger charge is -2.63. The summed E-state index contributed by atoms with van der Waals surface area (Å²) < 4.78 is 1.96. The second-order valence-electron chi connectivity index (χ2n) is 13.0. The Kier molecular flexibility index (Phi) is 6.17. The van der Waals surface area contributed by atoms with E-state index in [9.17, 15) is 5.11 Å². The van der Waals surface area contributed by atoms with Gasteiger partial charge in [0.25, 0.3) is 0 Å². The number of aromatic nitrogens is 2. The van der Waals surface area contributed by atoms with Gasteiger partial charge in [-0.2, -0.15) is 10.4 Å². The van der Waals surface area contributed by atoms with Crippen molar-refractivity contribution in [3.05, 3.63) is 18.0 Å². The fraction of sp³-hybridized carbons (Fsp3) is 0.862. The van der Waals surface area contributed by atoms with Crippen molar-refractivity contribution in [1.29, 1.82) is 5.26 Å². The standard InChI is InChI=1S/C29H45N3O/c1-5-6-20-11-12-28(3)22(13-20)7-8-23-25-10-9-24(29(25,4)14-26(33)27(23)28)19(2)17-32-18-21(15-30)16-31-32/h16,18-20,22-27,33H,5-14,17H2,1-4H3/t19-,20?,22?,23?,24?,25?,26?,27?,28?,29?/m1/s1. The Morgan fingerprint density at radius 3 is 2.76 bits per heavy atom. The molecule has 4 aliphatic rings. The van der Waals surface area contributed by atoms with E-state index in [4.69, 9.17) is 5.26 Å².